The van der Waals surface area contributed by atoms with Crippen LogP contribution in [0.5, 0.6) is 5.75 Å². The molecule has 1 aliphatic rings. The van der Waals surface area contributed by atoms with E-state index in [-0.39, 0.29) is 12.2 Å². The van der Waals surface area contributed by atoms with Crippen LogP contribution in [0.2, 0.25) is 0 Å². The van der Waals surface area contributed by atoms with E-state index in [1.165, 1.54) is 6.08 Å². The van der Waals surface area contributed by atoms with Crippen molar-refractivity contribution in [3.63, 3.8) is 0 Å². The summed E-state index contributed by atoms with van der Waals surface area (Å²) in [5, 5.41) is 4.00. The van der Waals surface area contributed by atoms with Crippen LogP contribution in [0.4, 0.5) is 10.5 Å². The van der Waals surface area contributed by atoms with Crippen LogP contribution >= 0.6 is 0 Å². The van der Waals surface area contributed by atoms with Crippen molar-refractivity contribution in [3.05, 3.63) is 90.0 Å². The molecule has 3 aromatic rings. The number of imide groups is 2. The SMILES string of the molecule is C=CCOc1ccc2ccccc2c1/C=C1\C(=O)NC(=O)N(c2cccc(C)c2)C1=O. The highest BCUT2D eigenvalue weighted by atomic mass is 16.5. The van der Waals surface area contributed by atoms with Gasteiger partial charge < -0.3 is 4.74 Å². The van der Waals surface area contributed by atoms with Crippen LogP contribution in [-0.4, -0.2) is 24.5 Å². The number of rotatable bonds is 5. The summed E-state index contributed by atoms with van der Waals surface area (Å²) in [7, 11) is 0. The Bertz CT molecular complexity index is 1260. The summed E-state index contributed by atoms with van der Waals surface area (Å²) < 4.78 is 5.77. The lowest BCUT2D eigenvalue weighted by molar-refractivity contribution is -0.122. The zero-order valence-electron chi connectivity index (χ0n) is 16.9. The maximum atomic E-state index is 13.2. The molecule has 6 nitrogen and oxygen atoms in total. The van der Waals surface area contributed by atoms with Crippen LogP contribution in [-0.2, 0) is 9.59 Å². The Hall–Kier alpha value is -4.19. The fourth-order valence-electron chi connectivity index (χ4n) is 3.50. The molecule has 1 fully saturated rings. The summed E-state index contributed by atoms with van der Waals surface area (Å²) in [6, 6.07) is 17.5. The van der Waals surface area contributed by atoms with Crippen LogP contribution in [0.25, 0.3) is 16.8 Å². The van der Waals surface area contributed by atoms with Gasteiger partial charge >= 0.3 is 6.03 Å². The molecule has 31 heavy (non-hydrogen) atoms. The minimum absolute atomic E-state index is 0.152. The third-order valence-electron chi connectivity index (χ3n) is 4.94. The number of aryl methyl sites for hydroxylation is 1. The minimum Gasteiger partial charge on any atom is -0.489 e. The number of anilines is 1. The molecule has 3 aromatic carbocycles. The van der Waals surface area contributed by atoms with E-state index in [1.54, 1.807) is 30.3 Å². The third kappa shape index (κ3) is 3.83. The van der Waals surface area contributed by atoms with Gasteiger partial charge in [-0.05, 0) is 47.5 Å². The zero-order chi connectivity index (χ0) is 22.0. The molecule has 0 aromatic heterocycles. The molecule has 0 atom stereocenters. The Morgan fingerprint density at radius 2 is 1.84 bits per heavy atom. The summed E-state index contributed by atoms with van der Waals surface area (Å²) in [5.74, 6) is -0.936. The molecular weight excluding hydrogens is 392 g/mol. The molecule has 4 amide bonds. The normalized spacial score (nSPS) is 15.3. The van der Waals surface area contributed by atoms with E-state index < -0.39 is 17.8 Å². The second-order valence-corrected chi connectivity index (χ2v) is 7.10. The summed E-state index contributed by atoms with van der Waals surface area (Å²) in [5.41, 5.74) is 1.70. The van der Waals surface area contributed by atoms with Gasteiger partial charge in [-0.3, -0.25) is 14.9 Å². The highest BCUT2D eigenvalue weighted by Gasteiger charge is 2.37. The average Bonchev–Trinajstić information content (AvgIpc) is 2.75. The number of hydrogen-bond donors (Lipinski definition) is 1. The number of ether oxygens (including phenoxy) is 1. The van der Waals surface area contributed by atoms with E-state index in [0.717, 1.165) is 21.2 Å². The minimum atomic E-state index is -0.779. The Kier molecular flexibility index (Phi) is 5.37. The number of carbonyl (C=O) groups is 3. The van der Waals surface area contributed by atoms with Crippen LogP contribution in [0.3, 0.4) is 0 Å². The molecule has 0 radical (unpaired) electrons. The highest BCUT2D eigenvalue weighted by Crippen LogP contribution is 2.32. The number of benzene rings is 3. The fraction of sp³-hybridized carbons (Fsp3) is 0.0800. The maximum Gasteiger partial charge on any atom is 0.335 e. The van der Waals surface area contributed by atoms with Gasteiger partial charge in [-0.25, -0.2) is 9.69 Å². The van der Waals surface area contributed by atoms with Gasteiger partial charge in [0.25, 0.3) is 11.8 Å². The molecular formula is C25H20N2O4. The number of hydrogen-bond acceptors (Lipinski definition) is 4. The van der Waals surface area contributed by atoms with Crippen molar-refractivity contribution in [1.29, 1.82) is 0 Å². The van der Waals surface area contributed by atoms with Crippen LogP contribution in [0, 0.1) is 6.92 Å². The molecule has 6 heteroatoms. The number of nitrogens with one attached hydrogen (secondary N) is 1. The van der Waals surface area contributed by atoms with Gasteiger partial charge in [-0.15, -0.1) is 0 Å². The van der Waals surface area contributed by atoms with Gasteiger partial charge in [0.15, 0.2) is 0 Å². The molecule has 0 bridgehead atoms. The molecule has 0 aliphatic carbocycles. The number of fused-ring (bicyclic) bond motifs is 1. The number of urea groups is 1. The van der Waals surface area contributed by atoms with Crippen molar-refractivity contribution < 1.29 is 19.1 Å². The van der Waals surface area contributed by atoms with E-state index in [2.05, 4.69) is 11.9 Å². The van der Waals surface area contributed by atoms with E-state index >= 15 is 0 Å². The Morgan fingerprint density at radius 3 is 2.61 bits per heavy atom. The van der Waals surface area contributed by atoms with E-state index in [9.17, 15) is 14.4 Å². The molecule has 0 spiro atoms. The van der Waals surface area contributed by atoms with Gasteiger partial charge in [-0.1, -0.05) is 55.1 Å². The van der Waals surface area contributed by atoms with Gasteiger partial charge in [0.2, 0.25) is 0 Å². The lowest BCUT2D eigenvalue weighted by atomic mass is 9.99. The lowest BCUT2D eigenvalue weighted by Crippen LogP contribution is -2.54. The van der Waals surface area contributed by atoms with Crippen LogP contribution in [0.15, 0.2) is 78.9 Å². The molecule has 1 N–H and O–H groups in total. The number of amides is 4. The van der Waals surface area contributed by atoms with Crippen LogP contribution in [0.1, 0.15) is 11.1 Å². The zero-order valence-corrected chi connectivity index (χ0v) is 16.9. The third-order valence-corrected chi connectivity index (χ3v) is 4.94. The predicted molar refractivity (Wildman–Crippen MR) is 120 cm³/mol. The number of carbonyl (C=O) groups excluding carboxylic acids is 3. The first kappa shape index (κ1) is 20.1. The van der Waals surface area contributed by atoms with Gasteiger partial charge in [-0.2, -0.15) is 0 Å². The topological polar surface area (TPSA) is 75.7 Å². The second-order valence-electron chi connectivity index (χ2n) is 7.10. The first-order valence-corrected chi connectivity index (χ1v) is 9.73. The Balaban J connectivity index is 1.86. The summed E-state index contributed by atoms with van der Waals surface area (Å²) in [4.78, 5) is 39.3. The highest BCUT2D eigenvalue weighted by molar-refractivity contribution is 6.39. The second kappa shape index (κ2) is 8.28. The van der Waals surface area contributed by atoms with E-state index in [4.69, 9.17) is 4.74 Å². The van der Waals surface area contributed by atoms with Crippen molar-refractivity contribution in [2.45, 2.75) is 6.92 Å². The van der Waals surface area contributed by atoms with Crippen molar-refractivity contribution in [1.82, 2.24) is 5.32 Å². The van der Waals surface area contributed by atoms with Gasteiger partial charge in [0.05, 0.1) is 5.69 Å². The van der Waals surface area contributed by atoms with Crippen molar-refractivity contribution in [2.75, 3.05) is 11.5 Å². The fourth-order valence-corrected chi connectivity index (χ4v) is 3.50. The standard InChI is InChI=1S/C25H20N2O4/c1-3-13-31-22-12-11-17-8-4-5-10-19(17)20(22)15-21-23(28)26-25(30)27(24(21)29)18-9-6-7-16(2)14-18/h3-12,14-15H,1,13H2,2H3,(H,26,28,30)/b21-15+. The van der Waals surface area contributed by atoms with Gasteiger partial charge in [0, 0.05) is 5.56 Å². The smallest absolute Gasteiger partial charge is 0.335 e. The molecule has 1 aliphatic heterocycles. The predicted octanol–water partition coefficient (Wildman–Crippen LogP) is 4.38. The molecule has 1 heterocycles. The molecule has 1 saturated heterocycles. The van der Waals surface area contributed by atoms with Crippen LogP contribution < -0.4 is 15.0 Å². The summed E-state index contributed by atoms with van der Waals surface area (Å²) >= 11 is 0. The summed E-state index contributed by atoms with van der Waals surface area (Å²) in [6.45, 7) is 5.79. The molecule has 0 saturated carbocycles. The number of nitrogens with zero attached hydrogens (tertiary/aromatic N) is 1. The van der Waals surface area contributed by atoms with Crippen molar-refractivity contribution >= 4 is 40.4 Å². The Labute approximate surface area is 179 Å². The molecule has 154 valence electrons. The largest absolute Gasteiger partial charge is 0.489 e. The van der Waals surface area contributed by atoms with E-state index in [1.807, 2.05) is 43.3 Å². The molecule has 4 rings (SSSR count). The first-order valence-electron chi connectivity index (χ1n) is 9.73. The first-order chi connectivity index (χ1) is 15.0. The maximum absolute atomic E-state index is 13.2. The van der Waals surface area contributed by atoms with E-state index in [0.29, 0.717) is 17.0 Å². The summed E-state index contributed by atoms with van der Waals surface area (Å²) in [6.07, 6.45) is 3.09. The number of barbiturate groups is 1. The Morgan fingerprint density at radius 1 is 1.03 bits per heavy atom. The molecule has 0 unspecified atom stereocenters. The monoisotopic (exact) mass is 412 g/mol. The van der Waals surface area contributed by atoms with Crippen molar-refractivity contribution in [3.8, 4) is 5.75 Å². The van der Waals surface area contributed by atoms with Crippen molar-refractivity contribution in [2.24, 2.45) is 0 Å². The van der Waals surface area contributed by atoms with Gasteiger partial charge in [0.1, 0.15) is 17.9 Å². The quantitative estimate of drug-likeness (QED) is 0.383. The lowest BCUT2D eigenvalue weighted by Gasteiger charge is -2.26. The average molecular weight is 412 g/mol.